The molecule has 0 atom stereocenters. The van der Waals surface area contributed by atoms with Crippen molar-refractivity contribution in [2.75, 3.05) is 0 Å². The number of hydrogen-bond donors (Lipinski definition) is 0. The Morgan fingerprint density at radius 2 is 1.00 bits per heavy atom. The molecule has 2 fully saturated rings. The summed E-state index contributed by atoms with van der Waals surface area (Å²) in [5.74, 6) is -5.73. The topological polar surface area (TPSA) is 158 Å². The Kier molecular flexibility index (Phi) is 7.40. The number of hydrogen-bond acceptors (Lipinski definition) is 12. The van der Waals surface area contributed by atoms with Crippen molar-refractivity contribution >= 4 is 75.1 Å². The molecule has 12 nitrogen and oxygen atoms in total. The molecule has 29 heavy (non-hydrogen) atoms. The van der Waals surface area contributed by atoms with Gasteiger partial charge in [0.25, 0.3) is 0 Å². The van der Waals surface area contributed by atoms with Gasteiger partial charge in [0.05, 0.1) is 0 Å². The Labute approximate surface area is 176 Å². The monoisotopic (exact) mass is 632 g/mol. The Balaban J connectivity index is 2.08. The third-order valence-corrected chi connectivity index (χ3v) is 20.7. The molecule has 0 N–H and O–H groups in total. The summed E-state index contributed by atoms with van der Waals surface area (Å²) in [7, 11) is 0. The van der Waals surface area contributed by atoms with Gasteiger partial charge in [-0.2, -0.15) is 0 Å². The first-order valence-electron chi connectivity index (χ1n) is 8.68. The summed E-state index contributed by atoms with van der Waals surface area (Å²) in [5.41, 5.74) is 0. The van der Waals surface area contributed by atoms with Crippen molar-refractivity contribution in [3.63, 3.8) is 0 Å². The molecule has 2 saturated heterocycles. The first-order chi connectivity index (χ1) is 13.4. The molecule has 0 saturated carbocycles. The summed E-state index contributed by atoms with van der Waals surface area (Å²) in [6.45, 7) is 6.22. The predicted molar refractivity (Wildman–Crippen MR) is 92.1 cm³/mol. The predicted octanol–water partition coefficient (Wildman–Crippen LogP) is 0.141. The van der Waals surface area contributed by atoms with Gasteiger partial charge in [-0.15, -0.1) is 0 Å². The Morgan fingerprint density at radius 1 is 0.724 bits per heavy atom. The van der Waals surface area contributed by atoms with Crippen molar-refractivity contribution in [1.82, 2.24) is 0 Å². The van der Waals surface area contributed by atoms with Gasteiger partial charge in [0.15, 0.2) is 0 Å². The number of carbonyl (C=O) groups is 6. The molecule has 0 unspecified atom stereocenters. The summed E-state index contributed by atoms with van der Waals surface area (Å²) in [5, 5.41) is 0. The quantitative estimate of drug-likeness (QED) is 0.290. The molecule has 2 heterocycles. The maximum absolute atomic E-state index is 12.2. The van der Waals surface area contributed by atoms with E-state index in [1.54, 1.807) is 27.7 Å². The van der Waals surface area contributed by atoms with Crippen LogP contribution < -0.4 is 0 Å². The van der Waals surface area contributed by atoms with Gasteiger partial charge in [-0.3, -0.25) is 0 Å². The zero-order valence-electron chi connectivity index (χ0n) is 16.2. The van der Waals surface area contributed by atoms with E-state index in [1.165, 1.54) is 0 Å². The van der Waals surface area contributed by atoms with E-state index in [4.69, 9.17) is 18.4 Å². The van der Waals surface area contributed by atoms with Crippen molar-refractivity contribution in [1.29, 1.82) is 0 Å². The van der Waals surface area contributed by atoms with Gasteiger partial charge in [-0.25, -0.2) is 0 Å². The molecule has 0 bridgehead atoms. The molecule has 0 aromatic carbocycles. The van der Waals surface area contributed by atoms with Crippen molar-refractivity contribution in [2.24, 2.45) is 0 Å². The zero-order chi connectivity index (χ0) is 22.0. The van der Waals surface area contributed by atoms with Gasteiger partial charge < -0.3 is 0 Å². The first-order valence-corrected chi connectivity index (χ1v) is 19.0. The Bertz CT molecular complexity index is 664. The van der Waals surface area contributed by atoms with E-state index in [9.17, 15) is 28.8 Å². The standard InChI is InChI=1S/3C3H4O4.2C3H7.2Sn/c3*4-2(5)1-3(6)7;2*1-3-2;;/h3*1H2,(H,4,5)(H,6,7);2*3H,1-2H3;;/q;;;;;2*+3/p-6. The molecule has 2 rings (SSSR count). The van der Waals surface area contributed by atoms with Gasteiger partial charge in [0.1, 0.15) is 0 Å². The van der Waals surface area contributed by atoms with Gasteiger partial charge in [0.2, 0.25) is 0 Å². The van der Waals surface area contributed by atoms with E-state index in [-0.39, 0.29) is 0 Å². The van der Waals surface area contributed by atoms with Crippen LogP contribution in [-0.4, -0.2) is 75.1 Å². The van der Waals surface area contributed by atoms with Crippen LogP contribution in [-0.2, 0) is 47.2 Å². The molecule has 0 aromatic rings. The van der Waals surface area contributed by atoms with Crippen molar-refractivity contribution in [2.45, 2.75) is 54.8 Å². The Morgan fingerprint density at radius 3 is 1.24 bits per heavy atom. The van der Waals surface area contributed by atoms with Crippen LogP contribution in [0, 0.1) is 0 Å². The van der Waals surface area contributed by atoms with Gasteiger partial charge in [0, 0.05) is 0 Å². The molecule has 0 spiro atoms. The average Bonchev–Trinajstić information content (AvgIpc) is 2.51. The molecule has 0 aromatic heterocycles. The van der Waals surface area contributed by atoms with Gasteiger partial charge in [-0.05, 0) is 0 Å². The molecule has 160 valence electrons. The van der Waals surface area contributed by atoms with E-state index in [1.807, 2.05) is 0 Å². The summed E-state index contributed by atoms with van der Waals surface area (Å²) in [6, 6.07) is 0. The summed E-state index contributed by atoms with van der Waals surface area (Å²) >= 11 is -9.85. The molecular formula is C15H20O12Sn2. The van der Waals surface area contributed by atoms with Crippen LogP contribution in [0.25, 0.3) is 0 Å². The molecular weight excluding hydrogens is 610 g/mol. The van der Waals surface area contributed by atoms with Crippen LogP contribution >= 0.6 is 0 Å². The van der Waals surface area contributed by atoms with E-state index in [0.29, 0.717) is 0 Å². The minimum absolute atomic E-state index is 0.570. The Hall–Kier alpha value is -1.58. The van der Waals surface area contributed by atoms with Crippen LogP contribution in [0.1, 0.15) is 47.0 Å². The van der Waals surface area contributed by atoms with Crippen LogP contribution in [0.4, 0.5) is 0 Å². The van der Waals surface area contributed by atoms with Gasteiger partial charge in [-0.1, -0.05) is 0 Å². The zero-order valence-corrected chi connectivity index (χ0v) is 21.9. The minimum atomic E-state index is -4.93. The van der Waals surface area contributed by atoms with Crippen LogP contribution in [0.15, 0.2) is 0 Å². The SMILES string of the molecule is C[CH](C)[Sn]1([O]C(=O)CC(=O)[O][Sn]2([CH](C)C)[O]C(=O)CC(=O)[O]2)[O]C(=O)CC(=O)[O]1. The molecule has 0 aliphatic carbocycles. The fourth-order valence-electron chi connectivity index (χ4n) is 2.35. The average molecular weight is 630 g/mol. The maximum atomic E-state index is 12.2. The van der Waals surface area contributed by atoms with E-state index >= 15 is 0 Å². The summed E-state index contributed by atoms with van der Waals surface area (Å²) in [6.07, 6.45) is -2.12. The number of carbonyl (C=O) groups excluding carboxylic acids is 6. The summed E-state index contributed by atoms with van der Waals surface area (Å²) in [4.78, 5) is 70.9. The van der Waals surface area contributed by atoms with E-state index in [2.05, 4.69) is 0 Å². The van der Waals surface area contributed by atoms with Crippen molar-refractivity contribution in [3.8, 4) is 0 Å². The van der Waals surface area contributed by atoms with Crippen LogP contribution in [0.2, 0.25) is 7.87 Å². The second-order valence-corrected chi connectivity index (χ2v) is 23.9. The molecule has 0 radical (unpaired) electrons. The number of rotatable bonds is 6. The normalized spacial score (nSPS) is 20.3. The third-order valence-electron chi connectivity index (χ3n) is 3.82. The molecule has 14 heteroatoms. The second-order valence-electron chi connectivity index (χ2n) is 6.89. The summed E-state index contributed by atoms with van der Waals surface area (Å²) < 4.78 is 29.6. The van der Waals surface area contributed by atoms with Crippen LogP contribution in [0.5, 0.6) is 0 Å². The third kappa shape index (κ3) is 5.73. The fourth-order valence-corrected chi connectivity index (χ4v) is 13.8. The van der Waals surface area contributed by atoms with Crippen molar-refractivity contribution < 1.29 is 47.2 Å². The molecule has 2 aliphatic rings. The van der Waals surface area contributed by atoms with E-state index < -0.39 is 102 Å². The molecule has 0 amide bonds. The molecule has 2 aliphatic heterocycles. The van der Waals surface area contributed by atoms with Crippen LogP contribution in [0.3, 0.4) is 0 Å². The van der Waals surface area contributed by atoms with Gasteiger partial charge >= 0.3 is 177 Å². The van der Waals surface area contributed by atoms with E-state index in [0.717, 1.165) is 0 Å². The van der Waals surface area contributed by atoms with Crippen molar-refractivity contribution in [3.05, 3.63) is 0 Å². The second kappa shape index (κ2) is 9.05. The first kappa shape index (κ1) is 23.7. The fraction of sp³-hybridized carbons (Fsp3) is 0.600.